The first-order valence-electron chi connectivity index (χ1n) is 8.37. The van der Waals surface area contributed by atoms with E-state index < -0.39 is 5.67 Å². The van der Waals surface area contributed by atoms with Crippen LogP contribution in [0.5, 0.6) is 0 Å². The molecule has 0 atom stereocenters. The fourth-order valence-electron chi connectivity index (χ4n) is 3.27. The average Bonchev–Trinajstić information content (AvgIpc) is 3.34. The van der Waals surface area contributed by atoms with E-state index in [1.807, 2.05) is 11.4 Å². The molecule has 0 aliphatic carbocycles. The minimum atomic E-state index is -1.40. The fourth-order valence-corrected chi connectivity index (χ4v) is 4.26. The summed E-state index contributed by atoms with van der Waals surface area (Å²) in [7, 11) is 0. The van der Waals surface area contributed by atoms with Crippen molar-refractivity contribution in [1.29, 1.82) is 0 Å². The Bertz CT molecular complexity index is 899. The van der Waals surface area contributed by atoms with Crippen LogP contribution < -0.4 is 0 Å². The molecule has 1 saturated heterocycles. The van der Waals surface area contributed by atoms with Gasteiger partial charge in [-0.15, -0.1) is 11.3 Å². The molecule has 2 aromatic heterocycles. The van der Waals surface area contributed by atoms with Crippen molar-refractivity contribution in [2.75, 3.05) is 13.1 Å². The highest BCUT2D eigenvalue weighted by Gasteiger charge is 2.37. The lowest BCUT2D eigenvalue weighted by molar-refractivity contribution is 0.0422. The topological polar surface area (TPSA) is 49.0 Å². The first-order chi connectivity index (χ1) is 12.5. The Hall–Kier alpha value is -2.18. The van der Waals surface area contributed by atoms with Gasteiger partial charge in [-0.05, 0) is 23.8 Å². The molecule has 0 bridgehead atoms. The van der Waals surface area contributed by atoms with Gasteiger partial charge in [-0.3, -0.25) is 9.89 Å². The van der Waals surface area contributed by atoms with Crippen molar-refractivity contribution >= 4 is 28.8 Å². The van der Waals surface area contributed by atoms with Gasteiger partial charge in [0.1, 0.15) is 5.67 Å². The zero-order valence-corrected chi connectivity index (χ0v) is 15.5. The van der Waals surface area contributed by atoms with Gasteiger partial charge in [-0.2, -0.15) is 5.10 Å². The van der Waals surface area contributed by atoms with E-state index in [4.69, 9.17) is 11.6 Å². The quantitative estimate of drug-likeness (QED) is 0.693. The molecular formula is C19H17ClFN3OS. The van der Waals surface area contributed by atoms with Crippen molar-refractivity contribution in [3.8, 4) is 10.4 Å². The lowest BCUT2D eigenvalue weighted by Crippen LogP contribution is -2.43. The number of amides is 1. The summed E-state index contributed by atoms with van der Waals surface area (Å²) >= 11 is 7.39. The molecule has 26 heavy (non-hydrogen) atoms. The Labute approximate surface area is 159 Å². The lowest BCUT2D eigenvalue weighted by atomic mass is 9.86. The molecule has 1 N–H and O–H groups in total. The molecule has 1 aliphatic heterocycles. The number of likely N-dealkylation sites (tertiary alicyclic amines) is 1. The number of hydrogen-bond acceptors (Lipinski definition) is 3. The number of carbonyl (C=O) groups excluding carboxylic acids is 1. The standard InChI is InChI=1S/C19H17ClFN3OS/c20-16-3-1-15(2-4-16)19(21)5-7-24(8-6-19)18(25)13-9-17(26-12-13)14-10-22-23-11-14/h1-4,9-12H,5-8H2,(H,22,23). The number of nitrogens with zero attached hydrogens (tertiary/aromatic N) is 2. The number of halogens is 2. The molecule has 0 spiro atoms. The van der Waals surface area contributed by atoms with Crippen LogP contribution in [0.2, 0.25) is 5.02 Å². The van der Waals surface area contributed by atoms with Gasteiger partial charge in [0.2, 0.25) is 0 Å². The van der Waals surface area contributed by atoms with Crippen LogP contribution in [0.4, 0.5) is 4.39 Å². The summed E-state index contributed by atoms with van der Waals surface area (Å²) < 4.78 is 15.3. The normalized spacial score (nSPS) is 16.6. The minimum absolute atomic E-state index is 0.0471. The number of rotatable bonds is 3. The minimum Gasteiger partial charge on any atom is -0.338 e. The van der Waals surface area contributed by atoms with Crippen LogP contribution >= 0.6 is 22.9 Å². The van der Waals surface area contributed by atoms with Crippen LogP contribution in [0.15, 0.2) is 48.1 Å². The Morgan fingerprint density at radius 1 is 1.27 bits per heavy atom. The summed E-state index contributed by atoms with van der Waals surface area (Å²) in [4.78, 5) is 15.5. The van der Waals surface area contributed by atoms with E-state index in [0.29, 0.717) is 42.1 Å². The van der Waals surface area contributed by atoms with Crippen molar-refractivity contribution in [2.24, 2.45) is 0 Å². The molecule has 1 aromatic carbocycles. The molecular weight excluding hydrogens is 373 g/mol. The van der Waals surface area contributed by atoms with Crippen LogP contribution in [-0.4, -0.2) is 34.1 Å². The molecule has 1 aliphatic rings. The summed E-state index contributed by atoms with van der Waals surface area (Å²) in [6.07, 6.45) is 4.10. The molecule has 0 saturated carbocycles. The van der Waals surface area contributed by atoms with Gasteiger partial charge < -0.3 is 4.90 Å². The SMILES string of the molecule is O=C(c1csc(-c2cn[nH]c2)c1)N1CCC(F)(c2ccc(Cl)cc2)CC1. The number of carbonyl (C=O) groups is 1. The molecule has 1 fully saturated rings. The predicted octanol–water partition coefficient (Wildman–Crippen LogP) is 4.89. The highest BCUT2D eigenvalue weighted by Crippen LogP contribution is 2.38. The van der Waals surface area contributed by atoms with Gasteiger partial charge in [0, 0.05) is 53.0 Å². The maximum absolute atomic E-state index is 15.3. The highest BCUT2D eigenvalue weighted by atomic mass is 35.5. The van der Waals surface area contributed by atoms with Crippen molar-refractivity contribution < 1.29 is 9.18 Å². The van der Waals surface area contributed by atoms with Gasteiger partial charge in [-0.1, -0.05) is 23.7 Å². The average molecular weight is 390 g/mol. The second-order valence-electron chi connectivity index (χ2n) is 6.45. The molecule has 4 rings (SSSR count). The molecule has 3 aromatic rings. The zero-order valence-electron chi connectivity index (χ0n) is 13.9. The van der Waals surface area contributed by atoms with E-state index in [1.165, 1.54) is 11.3 Å². The van der Waals surface area contributed by atoms with Gasteiger partial charge >= 0.3 is 0 Å². The summed E-state index contributed by atoms with van der Waals surface area (Å²) in [6, 6.07) is 8.75. The molecule has 3 heterocycles. The monoisotopic (exact) mass is 389 g/mol. The van der Waals surface area contributed by atoms with E-state index in [0.717, 1.165) is 10.4 Å². The van der Waals surface area contributed by atoms with Gasteiger partial charge in [0.15, 0.2) is 0 Å². The van der Waals surface area contributed by atoms with E-state index in [2.05, 4.69) is 10.2 Å². The second kappa shape index (κ2) is 6.85. The van der Waals surface area contributed by atoms with E-state index >= 15 is 4.39 Å². The number of aromatic nitrogens is 2. The molecule has 0 unspecified atom stereocenters. The number of alkyl halides is 1. The molecule has 0 radical (unpaired) electrons. The van der Waals surface area contributed by atoms with E-state index in [9.17, 15) is 4.79 Å². The smallest absolute Gasteiger partial charge is 0.254 e. The third-order valence-corrected chi connectivity index (χ3v) is 6.07. The number of benzene rings is 1. The fraction of sp³-hybridized carbons (Fsp3) is 0.263. The van der Waals surface area contributed by atoms with Crippen LogP contribution in [0.25, 0.3) is 10.4 Å². The Morgan fingerprint density at radius 3 is 2.65 bits per heavy atom. The Balaban J connectivity index is 1.44. The van der Waals surface area contributed by atoms with Crippen LogP contribution in [0.3, 0.4) is 0 Å². The van der Waals surface area contributed by atoms with Crippen molar-refractivity contribution in [3.05, 3.63) is 64.3 Å². The Morgan fingerprint density at radius 2 is 2.00 bits per heavy atom. The maximum atomic E-state index is 15.3. The third kappa shape index (κ3) is 3.27. The number of piperidine rings is 1. The highest BCUT2D eigenvalue weighted by molar-refractivity contribution is 7.13. The number of hydrogen-bond donors (Lipinski definition) is 1. The van der Waals surface area contributed by atoms with Gasteiger partial charge in [0.25, 0.3) is 5.91 Å². The van der Waals surface area contributed by atoms with E-state index in [1.54, 1.807) is 41.6 Å². The second-order valence-corrected chi connectivity index (χ2v) is 7.80. The Kier molecular flexibility index (Phi) is 4.54. The summed E-state index contributed by atoms with van der Waals surface area (Å²) in [5, 5.41) is 9.14. The summed E-state index contributed by atoms with van der Waals surface area (Å²) in [5.74, 6) is -0.0471. The number of thiophene rings is 1. The number of nitrogens with one attached hydrogen (secondary N) is 1. The van der Waals surface area contributed by atoms with Gasteiger partial charge in [0.05, 0.1) is 11.8 Å². The van der Waals surface area contributed by atoms with E-state index in [-0.39, 0.29) is 5.91 Å². The molecule has 4 nitrogen and oxygen atoms in total. The molecule has 134 valence electrons. The summed E-state index contributed by atoms with van der Waals surface area (Å²) in [6.45, 7) is 0.795. The molecule has 1 amide bonds. The lowest BCUT2D eigenvalue weighted by Gasteiger charge is -2.36. The van der Waals surface area contributed by atoms with Crippen LogP contribution in [0.1, 0.15) is 28.8 Å². The first kappa shape index (κ1) is 17.2. The zero-order chi connectivity index (χ0) is 18.1. The van der Waals surface area contributed by atoms with Crippen molar-refractivity contribution in [2.45, 2.75) is 18.5 Å². The maximum Gasteiger partial charge on any atom is 0.254 e. The van der Waals surface area contributed by atoms with Crippen LogP contribution in [-0.2, 0) is 5.67 Å². The van der Waals surface area contributed by atoms with Crippen LogP contribution in [0, 0.1) is 0 Å². The first-order valence-corrected chi connectivity index (χ1v) is 9.63. The third-order valence-electron chi connectivity index (χ3n) is 4.83. The summed E-state index contributed by atoms with van der Waals surface area (Å²) in [5.41, 5.74) is 0.826. The largest absolute Gasteiger partial charge is 0.338 e. The van der Waals surface area contributed by atoms with Crippen molar-refractivity contribution in [3.63, 3.8) is 0 Å². The number of aromatic amines is 1. The van der Waals surface area contributed by atoms with Gasteiger partial charge in [-0.25, -0.2) is 4.39 Å². The molecule has 7 heteroatoms. The number of H-pyrrole nitrogens is 1. The predicted molar refractivity (Wildman–Crippen MR) is 101 cm³/mol. The van der Waals surface area contributed by atoms with Crippen molar-refractivity contribution in [1.82, 2.24) is 15.1 Å².